The Morgan fingerprint density at radius 3 is 2.30 bits per heavy atom. The molecule has 0 unspecified atom stereocenters. The van der Waals surface area contributed by atoms with Gasteiger partial charge in [0.15, 0.2) is 0 Å². The molecule has 0 aromatic heterocycles. The molecule has 2 heteroatoms. The van der Waals surface area contributed by atoms with Gasteiger partial charge in [-0.15, -0.1) is 11.8 Å². The van der Waals surface area contributed by atoms with Gasteiger partial charge in [-0.05, 0) is 45.2 Å². The van der Waals surface area contributed by atoms with Crippen molar-refractivity contribution >= 4 is 0 Å². The van der Waals surface area contributed by atoms with Gasteiger partial charge in [0.25, 0.3) is 0 Å². The Morgan fingerprint density at radius 1 is 0.913 bits per heavy atom. The van der Waals surface area contributed by atoms with Crippen molar-refractivity contribution in [2.45, 2.75) is 85.1 Å². The first-order valence-electron chi connectivity index (χ1n) is 9.61. The number of hydrogen-bond acceptors (Lipinski definition) is 2. The lowest BCUT2D eigenvalue weighted by atomic mass is 10.1. The van der Waals surface area contributed by atoms with Crippen LogP contribution in [0.2, 0.25) is 0 Å². The van der Waals surface area contributed by atoms with Gasteiger partial charge in [-0.2, -0.15) is 0 Å². The maximum absolute atomic E-state index is 4.18. The highest BCUT2D eigenvalue weighted by Gasteiger charge is 1.97. The van der Waals surface area contributed by atoms with Gasteiger partial charge in [0.1, 0.15) is 0 Å². The predicted molar refractivity (Wildman–Crippen MR) is 105 cm³/mol. The number of unbranched alkanes of at least 4 members (excludes halogenated alkanes) is 5. The number of rotatable bonds is 14. The lowest BCUT2D eigenvalue weighted by molar-refractivity contribution is 0.540. The van der Waals surface area contributed by atoms with Crippen molar-refractivity contribution in [3.63, 3.8) is 0 Å². The Labute approximate surface area is 145 Å². The van der Waals surface area contributed by atoms with Gasteiger partial charge in [0, 0.05) is 24.9 Å². The van der Waals surface area contributed by atoms with Crippen LogP contribution >= 0.6 is 0 Å². The van der Waals surface area contributed by atoms with Crippen LogP contribution in [-0.2, 0) is 0 Å². The third-order valence-corrected chi connectivity index (χ3v) is 3.68. The summed E-state index contributed by atoms with van der Waals surface area (Å²) in [5, 5.41) is 6.97. The number of nitrogens with one attached hydrogen (secondary N) is 2. The van der Waals surface area contributed by atoms with E-state index in [4.69, 9.17) is 0 Å². The molecule has 0 rings (SSSR count). The van der Waals surface area contributed by atoms with Crippen LogP contribution in [0.3, 0.4) is 0 Å². The van der Waals surface area contributed by atoms with E-state index in [0.717, 1.165) is 26.1 Å². The molecule has 0 amide bonds. The highest BCUT2D eigenvalue weighted by Crippen LogP contribution is 2.08. The fraction of sp³-hybridized carbons (Fsp3) is 0.810. The first-order chi connectivity index (χ1) is 11.0. The van der Waals surface area contributed by atoms with Crippen LogP contribution in [0.5, 0.6) is 0 Å². The Balaban J connectivity index is 3.27. The molecule has 0 heterocycles. The molecule has 0 radical (unpaired) electrons. The summed E-state index contributed by atoms with van der Waals surface area (Å²) in [6.45, 7) is 16.1. The fourth-order valence-electron chi connectivity index (χ4n) is 2.34. The zero-order chi connectivity index (χ0) is 17.3. The maximum atomic E-state index is 4.18. The first-order valence-corrected chi connectivity index (χ1v) is 9.61. The summed E-state index contributed by atoms with van der Waals surface area (Å²) in [7, 11) is 0. The maximum Gasteiger partial charge on any atom is 0.0161 e. The molecule has 23 heavy (non-hydrogen) atoms. The van der Waals surface area contributed by atoms with E-state index in [9.17, 15) is 0 Å². The van der Waals surface area contributed by atoms with Crippen LogP contribution in [0.15, 0.2) is 12.2 Å². The molecule has 0 aliphatic carbocycles. The first kappa shape index (κ1) is 22.2. The molecular formula is C21H40N2. The Hall–Kier alpha value is -0.780. The Morgan fingerprint density at radius 2 is 1.61 bits per heavy atom. The molecule has 2 nitrogen and oxygen atoms in total. The average Bonchev–Trinajstić information content (AvgIpc) is 2.48. The molecule has 0 fully saturated rings. The van der Waals surface area contributed by atoms with E-state index in [2.05, 4.69) is 56.7 Å². The molecule has 0 aromatic rings. The van der Waals surface area contributed by atoms with Crippen LogP contribution in [0.25, 0.3) is 0 Å². The average molecular weight is 321 g/mol. The van der Waals surface area contributed by atoms with Crippen LogP contribution in [0.1, 0.15) is 79.1 Å². The van der Waals surface area contributed by atoms with Gasteiger partial charge >= 0.3 is 0 Å². The van der Waals surface area contributed by atoms with Crippen molar-refractivity contribution in [3.8, 4) is 11.8 Å². The van der Waals surface area contributed by atoms with Crippen LogP contribution in [-0.4, -0.2) is 25.7 Å². The third kappa shape index (κ3) is 19.2. The van der Waals surface area contributed by atoms with Crippen molar-refractivity contribution in [3.05, 3.63) is 12.2 Å². The van der Waals surface area contributed by atoms with Gasteiger partial charge in [-0.25, -0.2) is 0 Å². The topological polar surface area (TPSA) is 24.1 Å². The summed E-state index contributed by atoms with van der Waals surface area (Å²) in [5.74, 6) is 6.96. The highest BCUT2D eigenvalue weighted by molar-refractivity contribution is 5.01. The van der Waals surface area contributed by atoms with Crippen molar-refractivity contribution in [1.82, 2.24) is 10.6 Å². The molecule has 0 aromatic carbocycles. The largest absolute Gasteiger partial charge is 0.315 e. The second-order valence-electron chi connectivity index (χ2n) is 7.13. The van der Waals surface area contributed by atoms with E-state index in [0.29, 0.717) is 12.0 Å². The quantitative estimate of drug-likeness (QED) is 0.270. The van der Waals surface area contributed by atoms with Crippen molar-refractivity contribution in [2.24, 2.45) is 5.92 Å². The lowest BCUT2D eigenvalue weighted by Crippen LogP contribution is -2.23. The van der Waals surface area contributed by atoms with E-state index >= 15 is 0 Å². The lowest BCUT2D eigenvalue weighted by Gasteiger charge is -2.09. The minimum Gasteiger partial charge on any atom is -0.315 e. The van der Waals surface area contributed by atoms with Crippen LogP contribution in [0, 0.1) is 17.8 Å². The molecule has 0 spiro atoms. The highest BCUT2D eigenvalue weighted by atomic mass is 14.9. The second-order valence-corrected chi connectivity index (χ2v) is 7.13. The second kappa shape index (κ2) is 16.1. The van der Waals surface area contributed by atoms with E-state index in [1.165, 1.54) is 50.5 Å². The standard InChI is InChI=1S/C21H40N2/c1-19(2)14-10-6-8-12-16-22-18-21(5)15-11-7-9-13-17-23-20(3)4/h19-20,22-23H,5-9,11-13,15-18H2,1-4H3. The van der Waals surface area contributed by atoms with E-state index < -0.39 is 0 Å². The predicted octanol–water partition coefficient (Wildman–Crippen LogP) is 4.91. The molecule has 0 atom stereocenters. The number of hydrogen-bond donors (Lipinski definition) is 2. The van der Waals surface area contributed by atoms with Gasteiger partial charge in [0.05, 0.1) is 0 Å². The molecule has 2 N–H and O–H groups in total. The van der Waals surface area contributed by atoms with Gasteiger partial charge in [-0.3, -0.25) is 0 Å². The molecule has 0 aliphatic heterocycles. The zero-order valence-electron chi connectivity index (χ0n) is 16.1. The van der Waals surface area contributed by atoms with Gasteiger partial charge in [-0.1, -0.05) is 52.7 Å². The molecule has 0 aliphatic rings. The van der Waals surface area contributed by atoms with E-state index in [1.807, 2.05) is 0 Å². The van der Waals surface area contributed by atoms with Crippen LogP contribution in [0.4, 0.5) is 0 Å². The van der Waals surface area contributed by atoms with Crippen molar-refractivity contribution in [2.75, 3.05) is 19.6 Å². The molecule has 0 saturated heterocycles. The summed E-state index contributed by atoms with van der Waals surface area (Å²) in [6.07, 6.45) is 9.85. The minimum atomic E-state index is 0.503. The van der Waals surface area contributed by atoms with Crippen LogP contribution < -0.4 is 10.6 Å². The third-order valence-electron chi connectivity index (χ3n) is 3.68. The summed E-state index contributed by atoms with van der Waals surface area (Å²) >= 11 is 0. The summed E-state index contributed by atoms with van der Waals surface area (Å²) in [5.41, 5.74) is 1.35. The van der Waals surface area contributed by atoms with Gasteiger partial charge in [0.2, 0.25) is 0 Å². The van der Waals surface area contributed by atoms with Gasteiger partial charge < -0.3 is 10.6 Å². The summed E-state index contributed by atoms with van der Waals surface area (Å²) in [4.78, 5) is 0. The normalized spacial score (nSPS) is 10.9. The fourth-order valence-corrected chi connectivity index (χ4v) is 2.34. The molecule has 134 valence electrons. The Bertz CT molecular complexity index is 333. The molecular weight excluding hydrogens is 280 g/mol. The van der Waals surface area contributed by atoms with Crippen molar-refractivity contribution < 1.29 is 0 Å². The smallest absolute Gasteiger partial charge is 0.0161 e. The summed E-state index contributed by atoms with van der Waals surface area (Å²) < 4.78 is 0. The van der Waals surface area contributed by atoms with Crippen molar-refractivity contribution in [1.29, 1.82) is 0 Å². The molecule has 0 saturated carbocycles. The Kier molecular flexibility index (Phi) is 15.5. The van der Waals surface area contributed by atoms with E-state index in [-0.39, 0.29) is 0 Å². The molecule has 0 bridgehead atoms. The monoisotopic (exact) mass is 320 g/mol. The summed E-state index contributed by atoms with van der Waals surface area (Å²) in [6, 6.07) is 0.614. The zero-order valence-corrected chi connectivity index (χ0v) is 16.1. The SMILES string of the molecule is C=C(CCCCCCNC(C)C)CNCCCCC#CC(C)C. The van der Waals surface area contributed by atoms with E-state index in [1.54, 1.807) is 0 Å². The minimum absolute atomic E-state index is 0.503.